The molecule has 3 aromatic rings. The molecule has 1 atom stereocenters. The molecular weight excluding hydrogens is 462 g/mol. The minimum atomic E-state index is -0.451. The zero-order chi connectivity index (χ0) is 22.0. The maximum absolute atomic E-state index is 12.2. The van der Waals surface area contributed by atoms with Crippen LogP contribution in [-0.4, -0.2) is 22.7 Å². The zero-order valence-electron chi connectivity index (χ0n) is 16.5. The van der Waals surface area contributed by atoms with Gasteiger partial charge in [0.1, 0.15) is 17.4 Å². The van der Waals surface area contributed by atoms with Gasteiger partial charge in [0.2, 0.25) is 11.8 Å². The highest BCUT2D eigenvalue weighted by molar-refractivity contribution is 9.10. The maximum atomic E-state index is 12.2. The van der Waals surface area contributed by atoms with Crippen molar-refractivity contribution in [3.63, 3.8) is 0 Å². The number of carbonyl (C=O) groups is 1. The van der Waals surface area contributed by atoms with E-state index in [2.05, 4.69) is 37.5 Å². The zero-order valence-corrected chi connectivity index (χ0v) is 18.1. The molecule has 0 spiro atoms. The molecule has 0 saturated heterocycles. The van der Waals surface area contributed by atoms with Crippen molar-refractivity contribution >= 4 is 27.5 Å². The first-order valence-corrected chi connectivity index (χ1v) is 10.2. The Kier molecular flexibility index (Phi) is 5.64. The molecular formula is C22H18BrN5O3. The van der Waals surface area contributed by atoms with Crippen LogP contribution in [0.1, 0.15) is 22.7 Å². The van der Waals surface area contributed by atoms with Gasteiger partial charge in [-0.3, -0.25) is 9.89 Å². The van der Waals surface area contributed by atoms with Gasteiger partial charge in [-0.05, 0) is 48.9 Å². The van der Waals surface area contributed by atoms with Crippen LogP contribution < -0.4 is 20.5 Å². The minimum Gasteiger partial charge on any atom is -0.484 e. The lowest BCUT2D eigenvalue weighted by molar-refractivity contribution is -0.118. The van der Waals surface area contributed by atoms with Crippen LogP contribution in [0, 0.1) is 18.3 Å². The van der Waals surface area contributed by atoms with Crippen LogP contribution in [0.5, 0.6) is 11.6 Å². The van der Waals surface area contributed by atoms with Crippen molar-refractivity contribution in [3.05, 3.63) is 81.3 Å². The Balaban J connectivity index is 1.53. The highest BCUT2D eigenvalue weighted by Crippen LogP contribution is 2.43. The average Bonchev–Trinajstić information content (AvgIpc) is 3.13. The maximum Gasteiger partial charge on any atom is 0.262 e. The Bertz CT molecular complexity index is 1210. The van der Waals surface area contributed by atoms with Crippen molar-refractivity contribution in [2.75, 3.05) is 11.9 Å². The summed E-state index contributed by atoms with van der Waals surface area (Å²) in [4.78, 5) is 12.2. The number of hydrogen-bond donors (Lipinski definition) is 3. The van der Waals surface area contributed by atoms with Crippen LogP contribution in [0.4, 0.5) is 5.69 Å². The predicted molar refractivity (Wildman–Crippen MR) is 117 cm³/mol. The number of hydrogen-bond acceptors (Lipinski definition) is 6. The molecule has 1 unspecified atom stereocenters. The monoisotopic (exact) mass is 479 g/mol. The fourth-order valence-electron chi connectivity index (χ4n) is 3.40. The number of allylic oxidation sites excluding steroid dienone is 1. The van der Waals surface area contributed by atoms with E-state index >= 15 is 0 Å². The molecule has 31 heavy (non-hydrogen) atoms. The summed E-state index contributed by atoms with van der Waals surface area (Å²) >= 11 is 3.36. The number of carbonyl (C=O) groups excluding carboxylic acids is 1. The molecule has 9 heteroatoms. The van der Waals surface area contributed by atoms with Gasteiger partial charge in [0.05, 0.1) is 5.92 Å². The molecule has 4 N–H and O–H groups in total. The first-order valence-electron chi connectivity index (χ1n) is 9.37. The van der Waals surface area contributed by atoms with Gasteiger partial charge in [-0.25, -0.2) is 0 Å². The van der Waals surface area contributed by atoms with Crippen molar-refractivity contribution < 1.29 is 14.3 Å². The SMILES string of the molecule is Cc1[nH]nc2c1C(c1cccc(OCC(=O)Nc3ccc(Br)cc3)c1)C(C#N)=C(N)O2. The van der Waals surface area contributed by atoms with Crippen molar-refractivity contribution in [1.29, 1.82) is 5.26 Å². The predicted octanol–water partition coefficient (Wildman–Crippen LogP) is 3.72. The second kappa shape index (κ2) is 8.53. The normalized spacial score (nSPS) is 14.9. The number of nitrogens with zero attached hydrogens (tertiary/aromatic N) is 2. The minimum absolute atomic E-state index is 0.0201. The highest BCUT2D eigenvalue weighted by atomic mass is 79.9. The van der Waals surface area contributed by atoms with Crippen molar-refractivity contribution in [2.45, 2.75) is 12.8 Å². The second-order valence-electron chi connectivity index (χ2n) is 6.91. The third-order valence-electron chi connectivity index (χ3n) is 4.82. The number of aromatic nitrogens is 2. The smallest absolute Gasteiger partial charge is 0.262 e. The fourth-order valence-corrected chi connectivity index (χ4v) is 3.66. The van der Waals surface area contributed by atoms with Crippen molar-refractivity contribution in [2.24, 2.45) is 5.73 Å². The van der Waals surface area contributed by atoms with E-state index in [1.807, 2.05) is 25.1 Å². The number of halogens is 1. The van der Waals surface area contributed by atoms with Crippen molar-refractivity contribution in [3.8, 4) is 17.7 Å². The molecule has 156 valence electrons. The number of rotatable bonds is 5. The lowest BCUT2D eigenvalue weighted by Crippen LogP contribution is -2.21. The Morgan fingerprint density at radius 2 is 2.13 bits per heavy atom. The van der Waals surface area contributed by atoms with Crippen LogP contribution >= 0.6 is 15.9 Å². The van der Waals surface area contributed by atoms with E-state index < -0.39 is 5.92 Å². The topological polar surface area (TPSA) is 126 Å². The summed E-state index contributed by atoms with van der Waals surface area (Å²) in [7, 11) is 0. The van der Waals surface area contributed by atoms with E-state index in [1.54, 1.807) is 30.3 Å². The average molecular weight is 480 g/mol. The summed E-state index contributed by atoms with van der Waals surface area (Å²) in [5.74, 6) is 0.126. The molecule has 0 aliphatic carbocycles. The van der Waals surface area contributed by atoms with Gasteiger partial charge in [-0.2, -0.15) is 5.26 Å². The third kappa shape index (κ3) is 4.25. The van der Waals surface area contributed by atoms with Gasteiger partial charge in [-0.1, -0.05) is 28.1 Å². The Hall–Kier alpha value is -3.77. The lowest BCUT2D eigenvalue weighted by Gasteiger charge is -2.24. The van der Waals surface area contributed by atoms with E-state index in [4.69, 9.17) is 15.2 Å². The van der Waals surface area contributed by atoms with Crippen LogP contribution in [0.3, 0.4) is 0 Å². The Labute approximate surface area is 186 Å². The molecule has 0 saturated carbocycles. The summed E-state index contributed by atoms with van der Waals surface area (Å²) in [6, 6.07) is 16.6. The third-order valence-corrected chi connectivity index (χ3v) is 5.35. The second-order valence-corrected chi connectivity index (χ2v) is 7.82. The number of anilines is 1. The quantitative estimate of drug-likeness (QED) is 0.511. The van der Waals surface area contributed by atoms with Gasteiger partial charge in [-0.15, -0.1) is 5.10 Å². The summed E-state index contributed by atoms with van der Waals surface area (Å²) in [6.45, 7) is 1.69. The van der Waals surface area contributed by atoms with Gasteiger partial charge >= 0.3 is 0 Å². The highest BCUT2D eigenvalue weighted by Gasteiger charge is 2.34. The Morgan fingerprint density at radius 3 is 2.87 bits per heavy atom. The van der Waals surface area contributed by atoms with E-state index in [0.717, 1.165) is 21.3 Å². The van der Waals surface area contributed by atoms with Crippen LogP contribution in [0.25, 0.3) is 0 Å². The summed E-state index contributed by atoms with van der Waals surface area (Å²) in [5.41, 5.74) is 9.23. The number of ether oxygens (including phenoxy) is 2. The van der Waals surface area contributed by atoms with Crippen LogP contribution in [-0.2, 0) is 4.79 Å². The molecule has 1 aliphatic rings. The first-order chi connectivity index (χ1) is 15.0. The number of aryl methyl sites for hydroxylation is 1. The fraction of sp³-hybridized carbons (Fsp3) is 0.136. The summed E-state index contributed by atoms with van der Waals surface area (Å²) in [6.07, 6.45) is 0. The number of H-pyrrole nitrogens is 1. The lowest BCUT2D eigenvalue weighted by atomic mass is 9.84. The number of benzene rings is 2. The van der Waals surface area contributed by atoms with Gasteiger partial charge in [0, 0.05) is 21.4 Å². The molecule has 2 heterocycles. The number of fused-ring (bicyclic) bond motifs is 1. The molecule has 1 aromatic heterocycles. The van der Waals surface area contributed by atoms with E-state index in [-0.39, 0.29) is 18.4 Å². The van der Waals surface area contributed by atoms with Crippen molar-refractivity contribution in [1.82, 2.24) is 10.2 Å². The van der Waals surface area contributed by atoms with Gasteiger partial charge in [0.15, 0.2) is 6.61 Å². The standard InChI is InChI=1S/C22H18BrN5O3/c1-12-19-20(17(10-24)21(25)31-22(19)28-27-12)13-3-2-4-16(9-13)30-11-18(29)26-15-7-5-14(23)6-8-15/h2-9,20H,11,25H2,1H3,(H,26,29)(H,27,28). The molecule has 4 rings (SSSR count). The number of amides is 1. The van der Waals surface area contributed by atoms with Crippen LogP contribution in [0.15, 0.2) is 64.5 Å². The molecule has 0 fully saturated rings. The number of nitrogens with two attached hydrogens (primary N) is 1. The first kappa shape index (κ1) is 20.5. The molecule has 1 amide bonds. The molecule has 8 nitrogen and oxygen atoms in total. The van der Waals surface area contributed by atoms with E-state index in [9.17, 15) is 10.1 Å². The summed E-state index contributed by atoms with van der Waals surface area (Å²) in [5, 5.41) is 19.4. The number of nitriles is 1. The van der Waals surface area contributed by atoms with Crippen LogP contribution in [0.2, 0.25) is 0 Å². The Morgan fingerprint density at radius 1 is 1.35 bits per heavy atom. The molecule has 2 aromatic carbocycles. The molecule has 0 bridgehead atoms. The van der Waals surface area contributed by atoms with Gasteiger partial charge < -0.3 is 20.5 Å². The molecule has 1 aliphatic heterocycles. The number of nitrogens with one attached hydrogen (secondary N) is 2. The van der Waals surface area contributed by atoms with Gasteiger partial charge in [0.25, 0.3) is 5.91 Å². The van der Waals surface area contributed by atoms with E-state index in [0.29, 0.717) is 22.9 Å². The number of aromatic amines is 1. The molecule has 0 radical (unpaired) electrons. The summed E-state index contributed by atoms with van der Waals surface area (Å²) < 4.78 is 12.1. The van der Waals surface area contributed by atoms with E-state index in [1.165, 1.54) is 0 Å². The largest absolute Gasteiger partial charge is 0.484 e.